The van der Waals surface area contributed by atoms with Crippen LogP contribution in [0.15, 0.2) is 16.7 Å². The molecule has 2 rings (SSSR count). The van der Waals surface area contributed by atoms with Gasteiger partial charge in [-0.05, 0) is 59.2 Å². The van der Waals surface area contributed by atoms with E-state index in [1.165, 1.54) is 18.4 Å². The molecule has 0 saturated carbocycles. The van der Waals surface area contributed by atoms with Gasteiger partial charge in [-0.1, -0.05) is 13.8 Å². The highest BCUT2D eigenvalue weighted by Crippen LogP contribution is 2.31. The van der Waals surface area contributed by atoms with Crippen molar-refractivity contribution in [3.63, 3.8) is 0 Å². The van der Waals surface area contributed by atoms with Crippen molar-refractivity contribution in [2.24, 2.45) is 11.8 Å². The van der Waals surface area contributed by atoms with Gasteiger partial charge in [-0.15, -0.1) is 0 Å². The minimum Gasteiger partial charge on any atom is -0.356 e. The van der Waals surface area contributed by atoms with E-state index in [0.717, 1.165) is 35.2 Å². The van der Waals surface area contributed by atoms with Crippen LogP contribution in [0, 0.1) is 18.8 Å². The van der Waals surface area contributed by atoms with Gasteiger partial charge in [0.05, 0.1) is 4.47 Å². The van der Waals surface area contributed by atoms with Gasteiger partial charge in [-0.2, -0.15) is 0 Å². The monoisotopic (exact) mass is 296 g/mol. The van der Waals surface area contributed by atoms with E-state index in [9.17, 15) is 0 Å². The Balaban J connectivity index is 2.08. The second kappa shape index (κ2) is 5.38. The van der Waals surface area contributed by atoms with Crippen molar-refractivity contribution >= 4 is 21.7 Å². The zero-order valence-corrected chi connectivity index (χ0v) is 12.5. The predicted molar refractivity (Wildman–Crippen MR) is 76.4 cm³/mol. The van der Waals surface area contributed by atoms with E-state index in [2.05, 4.69) is 52.7 Å². The van der Waals surface area contributed by atoms with Gasteiger partial charge in [0, 0.05) is 19.3 Å². The fourth-order valence-electron chi connectivity index (χ4n) is 2.52. The Hall–Kier alpha value is -0.570. The average Bonchev–Trinajstić information content (AvgIpc) is 2.33. The summed E-state index contributed by atoms with van der Waals surface area (Å²) < 4.78 is 1.16. The Morgan fingerprint density at radius 1 is 1.35 bits per heavy atom. The molecule has 0 atom stereocenters. The van der Waals surface area contributed by atoms with Crippen LogP contribution >= 0.6 is 15.9 Å². The quantitative estimate of drug-likeness (QED) is 0.819. The number of piperidine rings is 1. The number of pyridine rings is 1. The van der Waals surface area contributed by atoms with Crippen LogP contribution in [0.3, 0.4) is 0 Å². The summed E-state index contributed by atoms with van der Waals surface area (Å²) in [5, 5.41) is 0. The predicted octanol–water partition coefficient (Wildman–Crippen LogP) is 4.02. The highest BCUT2D eigenvalue weighted by molar-refractivity contribution is 9.10. The molecule has 17 heavy (non-hydrogen) atoms. The molecule has 0 radical (unpaired) electrons. The molecule has 1 saturated heterocycles. The molecule has 0 aliphatic carbocycles. The molecule has 0 bridgehead atoms. The lowest BCUT2D eigenvalue weighted by atomic mass is 9.87. The summed E-state index contributed by atoms with van der Waals surface area (Å²) in [6, 6.07) is 2.05. The van der Waals surface area contributed by atoms with Crippen molar-refractivity contribution in [2.45, 2.75) is 33.6 Å². The first kappa shape index (κ1) is 12.9. The molecule has 0 aromatic carbocycles. The van der Waals surface area contributed by atoms with E-state index >= 15 is 0 Å². The Labute approximate surface area is 113 Å². The molecule has 1 aliphatic rings. The third kappa shape index (κ3) is 2.82. The Morgan fingerprint density at radius 3 is 2.59 bits per heavy atom. The molecule has 1 aromatic rings. The highest BCUT2D eigenvalue weighted by Gasteiger charge is 2.23. The van der Waals surface area contributed by atoms with Gasteiger partial charge < -0.3 is 4.90 Å². The molecule has 0 spiro atoms. The van der Waals surface area contributed by atoms with Gasteiger partial charge in [-0.3, -0.25) is 0 Å². The standard InChI is InChI=1S/C14H21BrN2/c1-10(2)12-5-8-17(9-6-12)14-13(15)11(3)4-7-16-14/h4,7,10,12H,5-6,8-9H2,1-3H3. The maximum Gasteiger partial charge on any atom is 0.143 e. The number of anilines is 1. The van der Waals surface area contributed by atoms with Crippen molar-refractivity contribution < 1.29 is 0 Å². The number of nitrogens with zero attached hydrogens (tertiary/aromatic N) is 2. The van der Waals surface area contributed by atoms with Crippen LogP contribution in [0.4, 0.5) is 5.82 Å². The summed E-state index contributed by atoms with van der Waals surface area (Å²) >= 11 is 3.66. The summed E-state index contributed by atoms with van der Waals surface area (Å²) in [7, 11) is 0. The third-order valence-corrected chi connectivity index (χ3v) is 4.83. The Kier molecular flexibility index (Phi) is 4.08. The maximum atomic E-state index is 4.51. The first-order valence-electron chi connectivity index (χ1n) is 6.45. The van der Waals surface area contributed by atoms with E-state index in [-0.39, 0.29) is 0 Å². The molecule has 0 unspecified atom stereocenters. The minimum atomic E-state index is 0.811. The molecule has 94 valence electrons. The lowest BCUT2D eigenvalue weighted by Gasteiger charge is -2.35. The molecule has 0 N–H and O–H groups in total. The number of aromatic nitrogens is 1. The molecular formula is C14H21BrN2. The topological polar surface area (TPSA) is 16.1 Å². The van der Waals surface area contributed by atoms with Crippen molar-refractivity contribution in [1.82, 2.24) is 4.98 Å². The molecule has 0 amide bonds. The second-order valence-electron chi connectivity index (χ2n) is 5.33. The van der Waals surface area contributed by atoms with Gasteiger partial charge in [0.1, 0.15) is 5.82 Å². The lowest BCUT2D eigenvalue weighted by Crippen LogP contribution is -2.36. The zero-order valence-electron chi connectivity index (χ0n) is 10.9. The first-order chi connectivity index (χ1) is 8.09. The van der Waals surface area contributed by atoms with Crippen LogP contribution in [-0.4, -0.2) is 18.1 Å². The summed E-state index contributed by atoms with van der Waals surface area (Å²) in [6.45, 7) is 9.06. The van der Waals surface area contributed by atoms with Gasteiger partial charge in [-0.25, -0.2) is 4.98 Å². The van der Waals surface area contributed by atoms with E-state index in [0.29, 0.717) is 0 Å². The Morgan fingerprint density at radius 2 is 2.00 bits per heavy atom. The summed E-state index contributed by atoms with van der Waals surface area (Å²) in [4.78, 5) is 6.92. The van der Waals surface area contributed by atoms with Crippen LogP contribution in [0.5, 0.6) is 0 Å². The van der Waals surface area contributed by atoms with Crippen LogP contribution in [0.1, 0.15) is 32.3 Å². The van der Waals surface area contributed by atoms with E-state index in [1.54, 1.807) is 0 Å². The second-order valence-corrected chi connectivity index (χ2v) is 6.13. The molecule has 1 aromatic heterocycles. The number of rotatable bonds is 2. The summed E-state index contributed by atoms with van der Waals surface area (Å²) in [5.41, 5.74) is 1.26. The smallest absolute Gasteiger partial charge is 0.143 e. The van der Waals surface area contributed by atoms with Crippen LogP contribution < -0.4 is 4.90 Å². The SMILES string of the molecule is Cc1ccnc(N2CCC(C(C)C)CC2)c1Br. The number of aryl methyl sites for hydroxylation is 1. The fourth-order valence-corrected chi connectivity index (χ4v) is 3.01. The van der Waals surface area contributed by atoms with Crippen LogP contribution in [0.2, 0.25) is 0 Å². The third-order valence-electron chi connectivity index (χ3n) is 3.85. The largest absolute Gasteiger partial charge is 0.356 e. The molecule has 1 aliphatic heterocycles. The lowest BCUT2D eigenvalue weighted by molar-refractivity contribution is 0.310. The van der Waals surface area contributed by atoms with E-state index in [4.69, 9.17) is 0 Å². The molecular weight excluding hydrogens is 276 g/mol. The van der Waals surface area contributed by atoms with Gasteiger partial charge in [0.2, 0.25) is 0 Å². The van der Waals surface area contributed by atoms with Gasteiger partial charge >= 0.3 is 0 Å². The fraction of sp³-hybridized carbons (Fsp3) is 0.643. The maximum absolute atomic E-state index is 4.51. The van der Waals surface area contributed by atoms with Crippen LogP contribution in [0.25, 0.3) is 0 Å². The van der Waals surface area contributed by atoms with E-state index in [1.807, 2.05) is 6.20 Å². The molecule has 2 nitrogen and oxygen atoms in total. The van der Waals surface area contributed by atoms with Crippen molar-refractivity contribution in [1.29, 1.82) is 0 Å². The molecule has 2 heterocycles. The van der Waals surface area contributed by atoms with Gasteiger partial charge in [0.25, 0.3) is 0 Å². The number of hydrogen-bond acceptors (Lipinski definition) is 2. The first-order valence-corrected chi connectivity index (χ1v) is 7.25. The van der Waals surface area contributed by atoms with Crippen molar-refractivity contribution in [3.8, 4) is 0 Å². The van der Waals surface area contributed by atoms with Crippen LogP contribution in [-0.2, 0) is 0 Å². The molecule has 1 fully saturated rings. The summed E-state index contributed by atoms with van der Waals surface area (Å²) in [5.74, 6) is 2.81. The normalized spacial score (nSPS) is 17.8. The van der Waals surface area contributed by atoms with Crippen molar-refractivity contribution in [2.75, 3.05) is 18.0 Å². The zero-order chi connectivity index (χ0) is 12.4. The number of halogens is 1. The minimum absolute atomic E-state index is 0.811. The molecule has 3 heteroatoms. The number of hydrogen-bond donors (Lipinski definition) is 0. The Bertz CT molecular complexity index is 382. The highest BCUT2D eigenvalue weighted by atomic mass is 79.9. The van der Waals surface area contributed by atoms with E-state index < -0.39 is 0 Å². The average molecular weight is 297 g/mol. The van der Waals surface area contributed by atoms with Crippen molar-refractivity contribution in [3.05, 3.63) is 22.3 Å². The van der Waals surface area contributed by atoms with Gasteiger partial charge in [0.15, 0.2) is 0 Å². The summed E-state index contributed by atoms with van der Waals surface area (Å²) in [6.07, 6.45) is 4.49.